The molecule has 0 aromatic heterocycles. The average Bonchev–Trinajstić information content (AvgIpc) is 2.08. The summed E-state index contributed by atoms with van der Waals surface area (Å²) >= 11 is 0. The summed E-state index contributed by atoms with van der Waals surface area (Å²) in [5.74, 6) is 0. The van der Waals surface area contributed by atoms with Crippen LogP contribution in [0.3, 0.4) is 0 Å². The van der Waals surface area contributed by atoms with E-state index in [1.54, 1.807) is 21.3 Å². The van der Waals surface area contributed by atoms with E-state index in [0.717, 1.165) is 21.6 Å². The molecule has 0 amide bonds. The van der Waals surface area contributed by atoms with E-state index in [-0.39, 0.29) is 0 Å². The summed E-state index contributed by atoms with van der Waals surface area (Å²) in [4.78, 5) is 0. The predicted molar refractivity (Wildman–Crippen MR) is 48.0 cm³/mol. The third-order valence-corrected chi connectivity index (χ3v) is 5.59. The van der Waals surface area contributed by atoms with Crippen molar-refractivity contribution in [1.82, 2.24) is 0 Å². The summed E-state index contributed by atoms with van der Waals surface area (Å²) < 4.78 is 15.7. The summed E-state index contributed by atoms with van der Waals surface area (Å²) in [7, 11) is 3.66. The van der Waals surface area contributed by atoms with Crippen molar-refractivity contribution in [1.29, 1.82) is 0 Å². The lowest BCUT2D eigenvalue weighted by Gasteiger charge is -2.23. The molecule has 0 heterocycles. The predicted octanol–water partition coefficient (Wildman–Crippen LogP) is 1.04. The van der Waals surface area contributed by atoms with Crippen molar-refractivity contribution < 1.29 is 13.3 Å². The zero-order valence-corrected chi connectivity index (χ0v) is 9.64. The summed E-state index contributed by atoms with van der Waals surface area (Å²) in [6.07, 6.45) is 0. The highest BCUT2D eigenvalue weighted by Crippen LogP contribution is 2.14. The molecule has 0 saturated carbocycles. The molecular formula is C6H16O3Si2. The quantitative estimate of drug-likeness (QED) is 0.588. The Balaban J connectivity index is 3.84. The second-order valence-corrected chi connectivity index (χ2v) is 6.45. The molecule has 5 heteroatoms. The van der Waals surface area contributed by atoms with Crippen molar-refractivity contribution in [3.05, 3.63) is 0 Å². The molecule has 0 fully saturated rings. The highest BCUT2D eigenvalue weighted by atomic mass is 28.4. The lowest BCUT2D eigenvalue weighted by Crippen LogP contribution is -2.42. The van der Waals surface area contributed by atoms with Gasteiger partial charge in [0.1, 0.15) is 0 Å². The summed E-state index contributed by atoms with van der Waals surface area (Å²) in [6.45, 7) is 2.17. The molecule has 0 unspecified atom stereocenters. The molecule has 0 aliphatic rings. The maximum absolute atomic E-state index is 5.24. The Hall–Kier alpha value is 0.314. The number of rotatable bonds is 6. The Morgan fingerprint density at radius 1 is 1.09 bits per heavy atom. The van der Waals surface area contributed by atoms with Crippen LogP contribution >= 0.6 is 0 Å². The Morgan fingerprint density at radius 2 is 1.55 bits per heavy atom. The zero-order valence-electron chi connectivity index (χ0n) is 7.64. The van der Waals surface area contributed by atoms with Crippen LogP contribution in [-0.4, -0.2) is 39.7 Å². The zero-order chi connectivity index (χ0) is 8.74. The molecule has 0 aliphatic heterocycles. The largest absolute Gasteiger partial charge is 0.499 e. The third-order valence-electron chi connectivity index (χ3n) is 1.61. The Kier molecular flexibility index (Phi) is 6.07. The van der Waals surface area contributed by atoms with Gasteiger partial charge in [-0.25, -0.2) is 0 Å². The monoisotopic (exact) mass is 192 g/mol. The van der Waals surface area contributed by atoms with Gasteiger partial charge in [-0.2, -0.15) is 0 Å². The molecule has 0 atom stereocenters. The fourth-order valence-corrected chi connectivity index (χ4v) is 4.17. The summed E-state index contributed by atoms with van der Waals surface area (Å²) in [5, 5.41) is 0. The van der Waals surface area contributed by atoms with Crippen LogP contribution in [0.4, 0.5) is 0 Å². The molecule has 0 bridgehead atoms. The Bertz CT molecular complexity index is 87.6. The first-order chi connectivity index (χ1) is 5.24. The topological polar surface area (TPSA) is 27.7 Å². The van der Waals surface area contributed by atoms with Gasteiger partial charge in [0, 0.05) is 36.9 Å². The standard InChI is InChI=1S/C6H16O3Si2/c1-7-11(8-2,9-3)6-5-10-4/h5-6H2,1-4H3. The average molecular weight is 192 g/mol. The molecule has 66 valence electrons. The van der Waals surface area contributed by atoms with Crippen LogP contribution in [0, 0.1) is 0 Å². The maximum atomic E-state index is 5.24. The molecule has 2 radical (unpaired) electrons. The number of hydrogen-bond acceptors (Lipinski definition) is 3. The molecule has 0 rings (SSSR count). The number of hydrogen-bond donors (Lipinski definition) is 0. The van der Waals surface area contributed by atoms with Crippen LogP contribution in [-0.2, 0) is 13.3 Å². The second-order valence-electron chi connectivity index (χ2n) is 2.15. The van der Waals surface area contributed by atoms with Gasteiger partial charge in [-0.3, -0.25) is 0 Å². The SMILES string of the molecule is CO[Si](CC[Si]C)(OC)OC. The van der Waals surface area contributed by atoms with Gasteiger partial charge in [-0.1, -0.05) is 12.6 Å². The molecule has 0 spiro atoms. The molecule has 0 N–H and O–H groups in total. The normalized spacial score (nSPS) is 12.0. The van der Waals surface area contributed by atoms with Gasteiger partial charge in [0.05, 0.1) is 0 Å². The molecule has 0 saturated heterocycles. The fourth-order valence-electron chi connectivity index (χ4n) is 0.834. The van der Waals surface area contributed by atoms with E-state index in [2.05, 4.69) is 6.55 Å². The van der Waals surface area contributed by atoms with Gasteiger partial charge in [0.25, 0.3) is 0 Å². The highest BCUT2D eigenvalue weighted by molar-refractivity contribution is 6.61. The van der Waals surface area contributed by atoms with E-state index >= 15 is 0 Å². The maximum Gasteiger partial charge on any atom is 0.499 e. The molecular weight excluding hydrogens is 176 g/mol. The van der Waals surface area contributed by atoms with Crippen LogP contribution in [0.15, 0.2) is 0 Å². The Morgan fingerprint density at radius 3 is 1.82 bits per heavy atom. The minimum atomic E-state index is -2.23. The van der Waals surface area contributed by atoms with Gasteiger partial charge in [0.2, 0.25) is 0 Å². The first-order valence-electron chi connectivity index (χ1n) is 3.54. The molecule has 0 aromatic rings. The Labute approximate surface area is 72.2 Å². The first kappa shape index (κ1) is 11.3. The minimum Gasteiger partial charge on any atom is -0.377 e. The van der Waals surface area contributed by atoms with E-state index in [1.807, 2.05) is 0 Å². The van der Waals surface area contributed by atoms with E-state index in [4.69, 9.17) is 13.3 Å². The summed E-state index contributed by atoms with van der Waals surface area (Å²) in [5.41, 5.74) is 0. The van der Waals surface area contributed by atoms with Crippen molar-refractivity contribution >= 4 is 18.3 Å². The minimum absolute atomic E-state index is 0.922. The van der Waals surface area contributed by atoms with Crippen molar-refractivity contribution in [3.8, 4) is 0 Å². The van der Waals surface area contributed by atoms with Crippen molar-refractivity contribution in [2.75, 3.05) is 21.3 Å². The van der Waals surface area contributed by atoms with Crippen LogP contribution < -0.4 is 0 Å². The van der Waals surface area contributed by atoms with Gasteiger partial charge >= 0.3 is 8.80 Å². The summed E-state index contributed by atoms with van der Waals surface area (Å²) in [6, 6.07) is 2.05. The lowest BCUT2D eigenvalue weighted by molar-refractivity contribution is 0.125. The van der Waals surface area contributed by atoms with Crippen LogP contribution in [0.5, 0.6) is 0 Å². The van der Waals surface area contributed by atoms with Crippen molar-refractivity contribution in [3.63, 3.8) is 0 Å². The smallest absolute Gasteiger partial charge is 0.377 e. The van der Waals surface area contributed by atoms with Crippen LogP contribution in [0.25, 0.3) is 0 Å². The third kappa shape index (κ3) is 3.48. The van der Waals surface area contributed by atoms with Gasteiger partial charge in [0.15, 0.2) is 0 Å². The highest BCUT2D eigenvalue weighted by Gasteiger charge is 2.36. The lowest BCUT2D eigenvalue weighted by atomic mass is 10.9. The molecule has 3 nitrogen and oxygen atoms in total. The fraction of sp³-hybridized carbons (Fsp3) is 1.00. The first-order valence-corrected chi connectivity index (χ1v) is 7.18. The van der Waals surface area contributed by atoms with E-state index in [9.17, 15) is 0 Å². The molecule has 0 aliphatic carbocycles. The van der Waals surface area contributed by atoms with Crippen molar-refractivity contribution in [2.24, 2.45) is 0 Å². The van der Waals surface area contributed by atoms with Gasteiger partial charge < -0.3 is 13.3 Å². The van der Waals surface area contributed by atoms with Crippen LogP contribution in [0.2, 0.25) is 18.6 Å². The second kappa shape index (κ2) is 5.90. The van der Waals surface area contributed by atoms with E-state index < -0.39 is 8.80 Å². The van der Waals surface area contributed by atoms with Crippen molar-refractivity contribution in [2.45, 2.75) is 18.6 Å². The van der Waals surface area contributed by atoms with Gasteiger partial charge in [-0.05, 0) is 0 Å². The molecule has 11 heavy (non-hydrogen) atoms. The molecule has 0 aromatic carbocycles. The van der Waals surface area contributed by atoms with Gasteiger partial charge in [-0.15, -0.1) is 0 Å². The van der Waals surface area contributed by atoms with E-state index in [1.165, 1.54) is 0 Å². The van der Waals surface area contributed by atoms with E-state index in [0.29, 0.717) is 0 Å². The van der Waals surface area contributed by atoms with Crippen LogP contribution in [0.1, 0.15) is 0 Å².